The van der Waals surface area contributed by atoms with Crippen LogP contribution in [0.1, 0.15) is 29.5 Å². The minimum Gasteiger partial charge on any atom is -0.334 e. The van der Waals surface area contributed by atoms with E-state index in [-0.39, 0.29) is 30.5 Å². The SMILES string of the molecule is O=C(CCC(=O)N(Cc1ccccc1)Cc1ccccc1)N/N=C/c1ccc(F)cc1. The average molecular weight is 417 g/mol. The second kappa shape index (κ2) is 11.4. The molecule has 2 amide bonds. The zero-order valence-electron chi connectivity index (χ0n) is 17.1. The number of benzene rings is 3. The Labute approximate surface area is 181 Å². The van der Waals surface area contributed by atoms with Gasteiger partial charge in [-0.1, -0.05) is 72.8 Å². The topological polar surface area (TPSA) is 61.8 Å². The van der Waals surface area contributed by atoms with Gasteiger partial charge in [-0.25, -0.2) is 9.82 Å². The summed E-state index contributed by atoms with van der Waals surface area (Å²) in [5, 5.41) is 3.86. The fraction of sp³-hybridized carbons (Fsp3) is 0.160. The van der Waals surface area contributed by atoms with Crippen LogP contribution in [-0.4, -0.2) is 22.9 Å². The summed E-state index contributed by atoms with van der Waals surface area (Å²) in [5.74, 6) is -0.799. The van der Waals surface area contributed by atoms with Gasteiger partial charge in [0.25, 0.3) is 0 Å². The van der Waals surface area contributed by atoms with Gasteiger partial charge < -0.3 is 4.90 Å². The molecule has 3 aromatic rings. The van der Waals surface area contributed by atoms with E-state index < -0.39 is 0 Å². The predicted octanol–water partition coefficient (Wildman–Crippen LogP) is 4.29. The summed E-state index contributed by atoms with van der Waals surface area (Å²) in [7, 11) is 0. The minimum absolute atomic E-state index is 0.0275. The molecule has 0 fully saturated rings. The third-order valence-corrected chi connectivity index (χ3v) is 4.62. The van der Waals surface area contributed by atoms with Gasteiger partial charge in [-0.05, 0) is 28.8 Å². The molecule has 3 aromatic carbocycles. The van der Waals surface area contributed by atoms with Crippen molar-refractivity contribution in [3.63, 3.8) is 0 Å². The maximum Gasteiger partial charge on any atom is 0.240 e. The zero-order valence-corrected chi connectivity index (χ0v) is 17.1. The lowest BCUT2D eigenvalue weighted by Crippen LogP contribution is -2.31. The van der Waals surface area contributed by atoms with Crippen molar-refractivity contribution in [2.45, 2.75) is 25.9 Å². The van der Waals surface area contributed by atoms with Gasteiger partial charge in [0.15, 0.2) is 0 Å². The first kappa shape index (κ1) is 21.9. The summed E-state index contributed by atoms with van der Waals surface area (Å²) in [4.78, 5) is 26.7. The van der Waals surface area contributed by atoms with Gasteiger partial charge >= 0.3 is 0 Å². The molecule has 0 aliphatic heterocycles. The molecule has 0 radical (unpaired) electrons. The Kier molecular flexibility index (Phi) is 8.05. The lowest BCUT2D eigenvalue weighted by atomic mass is 10.1. The quantitative estimate of drug-likeness (QED) is 0.417. The number of amides is 2. The fourth-order valence-electron chi connectivity index (χ4n) is 3.00. The summed E-state index contributed by atoms with van der Waals surface area (Å²) in [6, 6.07) is 25.3. The molecule has 0 spiro atoms. The molecule has 0 heterocycles. The summed E-state index contributed by atoms with van der Waals surface area (Å²) >= 11 is 0. The Balaban J connectivity index is 1.54. The van der Waals surface area contributed by atoms with Crippen LogP contribution < -0.4 is 5.43 Å². The first-order valence-corrected chi connectivity index (χ1v) is 10.0. The van der Waals surface area contributed by atoms with Crippen LogP contribution in [0.15, 0.2) is 90.0 Å². The van der Waals surface area contributed by atoms with Gasteiger partial charge in [-0.3, -0.25) is 9.59 Å². The third-order valence-electron chi connectivity index (χ3n) is 4.62. The molecule has 0 saturated carbocycles. The molecule has 31 heavy (non-hydrogen) atoms. The van der Waals surface area contributed by atoms with E-state index in [0.29, 0.717) is 18.7 Å². The van der Waals surface area contributed by atoms with Gasteiger partial charge in [-0.2, -0.15) is 5.10 Å². The molecule has 0 unspecified atom stereocenters. The molecule has 0 aliphatic rings. The van der Waals surface area contributed by atoms with Gasteiger partial charge in [-0.15, -0.1) is 0 Å². The Morgan fingerprint density at radius 1 is 0.806 bits per heavy atom. The number of hydrazone groups is 1. The van der Waals surface area contributed by atoms with Crippen molar-refractivity contribution in [1.82, 2.24) is 10.3 Å². The number of carbonyl (C=O) groups is 2. The van der Waals surface area contributed by atoms with Gasteiger partial charge in [0.05, 0.1) is 6.21 Å². The second-order valence-corrected chi connectivity index (χ2v) is 7.07. The van der Waals surface area contributed by atoms with E-state index in [4.69, 9.17) is 0 Å². The summed E-state index contributed by atoms with van der Waals surface area (Å²) in [5.41, 5.74) is 5.12. The molecule has 0 saturated heterocycles. The van der Waals surface area contributed by atoms with Crippen LogP contribution in [-0.2, 0) is 22.7 Å². The first-order valence-electron chi connectivity index (χ1n) is 10.0. The molecule has 158 valence electrons. The smallest absolute Gasteiger partial charge is 0.240 e. The highest BCUT2D eigenvalue weighted by atomic mass is 19.1. The second-order valence-electron chi connectivity index (χ2n) is 7.07. The van der Waals surface area contributed by atoms with Crippen LogP contribution in [0.2, 0.25) is 0 Å². The molecule has 0 atom stereocenters. The lowest BCUT2D eigenvalue weighted by molar-refractivity contribution is -0.134. The van der Waals surface area contributed by atoms with Crippen molar-refractivity contribution in [2.75, 3.05) is 0 Å². The Hall–Kier alpha value is -3.80. The molecule has 1 N–H and O–H groups in total. The van der Waals surface area contributed by atoms with E-state index in [9.17, 15) is 14.0 Å². The summed E-state index contributed by atoms with van der Waals surface area (Å²) in [6.07, 6.45) is 1.54. The molecule has 0 aliphatic carbocycles. The molecule has 6 heteroatoms. The van der Waals surface area contributed by atoms with E-state index in [0.717, 1.165) is 11.1 Å². The third kappa shape index (κ3) is 7.51. The molecule has 3 rings (SSSR count). The normalized spacial score (nSPS) is 10.7. The number of halogens is 1. The van der Waals surface area contributed by atoms with Crippen molar-refractivity contribution in [2.24, 2.45) is 5.10 Å². The zero-order chi connectivity index (χ0) is 21.9. The molecule has 0 bridgehead atoms. The summed E-state index contributed by atoms with van der Waals surface area (Å²) in [6.45, 7) is 0.942. The number of nitrogens with zero attached hydrogens (tertiary/aromatic N) is 2. The monoisotopic (exact) mass is 417 g/mol. The fourth-order valence-corrected chi connectivity index (χ4v) is 3.00. The Morgan fingerprint density at radius 3 is 1.90 bits per heavy atom. The number of carbonyl (C=O) groups excluding carboxylic acids is 2. The number of hydrogen-bond acceptors (Lipinski definition) is 3. The van der Waals surface area contributed by atoms with Gasteiger partial charge in [0.2, 0.25) is 11.8 Å². The van der Waals surface area contributed by atoms with Crippen LogP contribution >= 0.6 is 0 Å². The van der Waals surface area contributed by atoms with Crippen LogP contribution in [0, 0.1) is 5.82 Å². The average Bonchev–Trinajstić information content (AvgIpc) is 2.80. The van der Waals surface area contributed by atoms with E-state index >= 15 is 0 Å². The van der Waals surface area contributed by atoms with Crippen LogP contribution in [0.3, 0.4) is 0 Å². The lowest BCUT2D eigenvalue weighted by Gasteiger charge is -2.23. The van der Waals surface area contributed by atoms with Crippen LogP contribution in [0.5, 0.6) is 0 Å². The van der Waals surface area contributed by atoms with Crippen molar-refractivity contribution in [3.8, 4) is 0 Å². The highest BCUT2D eigenvalue weighted by Gasteiger charge is 2.16. The number of nitrogens with one attached hydrogen (secondary N) is 1. The maximum atomic E-state index is 12.9. The van der Waals surface area contributed by atoms with Gasteiger partial charge in [0, 0.05) is 25.9 Å². The summed E-state index contributed by atoms with van der Waals surface area (Å²) < 4.78 is 12.9. The first-order chi connectivity index (χ1) is 15.1. The predicted molar refractivity (Wildman–Crippen MR) is 119 cm³/mol. The van der Waals surface area contributed by atoms with E-state index in [2.05, 4.69) is 10.5 Å². The molecular weight excluding hydrogens is 393 g/mol. The van der Waals surface area contributed by atoms with Crippen molar-refractivity contribution < 1.29 is 14.0 Å². The van der Waals surface area contributed by atoms with Crippen molar-refractivity contribution >= 4 is 18.0 Å². The highest BCUT2D eigenvalue weighted by Crippen LogP contribution is 2.12. The molecule has 0 aromatic heterocycles. The molecular formula is C25H24FN3O2. The van der Waals surface area contributed by atoms with Crippen molar-refractivity contribution in [1.29, 1.82) is 0 Å². The largest absolute Gasteiger partial charge is 0.334 e. The highest BCUT2D eigenvalue weighted by molar-refractivity contribution is 5.85. The van der Waals surface area contributed by atoms with E-state index in [1.165, 1.54) is 18.3 Å². The van der Waals surface area contributed by atoms with Crippen molar-refractivity contribution in [3.05, 3.63) is 107 Å². The Morgan fingerprint density at radius 2 is 1.35 bits per heavy atom. The minimum atomic E-state index is -0.355. The Bertz CT molecular complexity index is 964. The van der Waals surface area contributed by atoms with Crippen LogP contribution in [0.4, 0.5) is 4.39 Å². The van der Waals surface area contributed by atoms with E-state index in [1.807, 2.05) is 60.7 Å². The number of rotatable bonds is 9. The van der Waals surface area contributed by atoms with Crippen LogP contribution in [0.25, 0.3) is 0 Å². The standard InChI is InChI=1S/C25H24FN3O2/c26-23-13-11-20(12-14-23)17-27-28-24(30)15-16-25(31)29(18-21-7-3-1-4-8-21)19-22-9-5-2-6-10-22/h1-14,17H,15-16,18-19H2,(H,28,30)/b27-17+. The maximum absolute atomic E-state index is 12.9. The number of hydrogen-bond donors (Lipinski definition) is 1. The van der Waals surface area contributed by atoms with E-state index in [1.54, 1.807) is 17.0 Å². The van der Waals surface area contributed by atoms with Gasteiger partial charge in [0.1, 0.15) is 5.82 Å². The molecule has 5 nitrogen and oxygen atoms in total.